The van der Waals surface area contributed by atoms with Gasteiger partial charge in [-0.1, -0.05) is 12.1 Å². The topological polar surface area (TPSA) is 40.5 Å². The summed E-state index contributed by atoms with van der Waals surface area (Å²) in [4.78, 5) is 12.5. The van der Waals surface area contributed by atoms with E-state index in [0.29, 0.717) is 5.56 Å². The number of alkyl halides is 3. The van der Waals surface area contributed by atoms with Crippen molar-refractivity contribution < 1.29 is 23.1 Å². The zero-order valence-electron chi connectivity index (χ0n) is 9.73. The maximum absolute atomic E-state index is 12.1. The van der Waals surface area contributed by atoms with Gasteiger partial charge in [0, 0.05) is 4.90 Å². The lowest BCUT2D eigenvalue weighted by Gasteiger charge is -2.20. The molecular weight excluding hydrogens is 267 g/mol. The summed E-state index contributed by atoms with van der Waals surface area (Å²) < 4.78 is 36.4. The van der Waals surface area contributed by atoms with Crippen LogP contribution in [-0.2, 0) is 4.79 Å². The van der Waals surface area contributed by atoms with Crippen LogP contribution in [0.5, 0.6) is 0 Å². The fourth-order valence-corrected chi connectivity index (χ4v) is 2.05. The predicted octanol–water partition coefficient (Wildman–Crippen LogP) is 2.99. The molecule has 0 aliphatic carbocycles. The van der Waals surface area contributed by atoms with Crippen LogP contribution in [-0.4, -0.2) is 35.6 Å². The largest absolute Gasteiger partial charge is 0.480 e. The van der Waals surface area contributed by atoms with Gasteiger partial charge in [-0.2, -0.15) is 13.2 Å². The van der Waals surface area contributed by atoms with Gasteiger partial charge in [-0.05, 0) is 43.6 Å². The maximum Gasteiger partial charge on any atom is 0.446 e. The van der Waals surface area contributed by atoms with Gasteiger partial charge in [-0.15, -0.1) is 0 Å². The first-order valence-electron chi connectivity index (χ1n) is 4.95. The summed E-state index contributed by atoms with van der Waals surface area (Å²) in [5.41, 5.74) is -3.89. The number of carboxylic acids is 1. The van der Waals surface area contributed by atoms with E-state index < -0.39 is 17.5 Å². The number of benzene rings is 1. The Morgan fingerprint density at radius 1 is 1.28 bits per heavy atom. The van der Waals surface area contributed by atoms with E-state index in [1.165, 1.54) is 29.2 Å². The van der Waals surface area contributed by atoms with Crippen molar-refractivity contribution in [2.45, 2.75) is 16.4 Å². The molecule has 0 radical (unpaired) electrons. The van der Waals surface area contributed by atoms with Gasteiger partial charge in [0.25, 0.3) is 0 Å². The molecule has 1 unspecified atom stereocenters. The summed E-state index contributed by atoms with van der Waals surface area (Å²) in [6.45, 7) is 0. The molecule has 1 aromatic rings. The molecule has 0 saturated heterocycles. The quantitative estimate of drug-likeness (QED) is 0.860. The predicted molar refractivity (Wildman–Crippen MR) is 62.4 cm³/mol. The van der Waals surface area contributed by atoms with Gasteiger partial charge in [0.05, 0.1) is 0 Å². The van der Waals surface area contributed by atoms with Gasteiger partial charge in [-0.3, -0.25) is 9.69 Å². The number of thioether (sulfide) groups is 1. The highest BCUT2D eigenvalue weighted by atomic mass is 32.2. The molecule has 1 atom stereocenters. The van der Waals surface area contributed by atoms with Crippen molar-refractivity contribution in [1.82, 2.24) is 4.90 Å². The molecule has 0 aromatic heterocycles. The van der Waals surface area contributed by atoms with Gasteiger partial charge >= 0.3 is 11.5 Å². The van der Waals surface area contributed by atoms with Gasteiger partial charge < -0.3 is 5.11 Å². The summed E-state index contributed by atoms with van der Waals surface area (Å²) in [5, 5.41) is 9.03. The second kappa shape index (κ2) is 5.62. The van der Waals surface area contributed by atoms with Crippen molar-refractivity contribution in [1.29, 1.82) is 0 Å². The third-order valence-corrected chi connectivity index (χ3v) is 2.92. The zero-order chi connectivity index (χ0) is 13.9. The van der Waals surface area contributed by atoms with E-state index in [1.54, 1.807) is 14.1 Å². The van der Waals surface area contributed by atoms with Crippen molar-refractivity contribution in [2.75, 3.05) is 14.1 Å². The van der Waals surface area contributed by atoms with Gasteiger partial charge in [0.2, 0.25) is 0 Å². The molecule has 1 rings (SSSR count). The average Bonchev–Trinajstić information content (AvgIpc) is 2.17. The lowest BCUT2D eigenvalue weighted by atomic mass is 10.1. The maximum atomic E-state index is 12.1. The number of hydrogen-bond acceptors (Lipinski definition) is 3. The fourth-order valence-electron chi connectivity index (χ4n) is 1.51. The molecule has 0 amide bonds. The van der Waals surface area contributed by atoms with Gasteiger partial charge in [-0.25, -0.2) is 0 Å². The number of rotatable bonds is 4. The van der Waals surface area contributed by atoms with Crippen LogP contribution in [0.25, 0.3) is 0 Å². The lowest BCUT2D eigenvalue weighted by Crippen LogP contribution is -2.27. The van der Waals surface area contributed by atoms with E-state index in [-0.39, 0.29) is 16.7 Å². The standard InChI is InChI=1S/C11H12F3NO2S/c1-15(2)9(10(16)17)7-3-5-8(6-4-7)18-11(12,13)14/h3-6,9H,1-2H3,(H,16,17). The second-order valence-electron chi connectivity index (χ2n) is 3.82. The van der Waals surface area contributed by atoms with E-state index in [0.717, 1.165) is 0 Å². The summed E-state index contributed by atoms with van der Waals surface area (Å²) in [5.74, 6) is -1.05. The molecule has 1 N–H and O–H groups in total. The second-order valence-corrected chi connectivity index (χ2v) is 4.96. The number of nitrogens with zero attached hydrogens (tertiary/aromatic N) is 1. The molecule has 18 heavy (non-hydrogen) atoms. The van der Waals surface area contributed by atoms with E-state index >= 15 is 0 Å². The number of aliphatic carboxylic acids is 1. The molecule has 0 fully saturated rings. The first-order valence-corrected chi connectivity index (χ1v) is 5.77. The minimum absolute atomic E-state index is 0.0362. The summed E-state index contributed by atoms with van der Waals surface area (Å²) in [6, 6.07) is 4.47. The van der Waals surface area contributed by atoms with Crippen molar-refractivity contribution in [3.05, 3.63) is 29.8 Å². The highest BCUT2D eigenvalue weighted by Gasteiger charge is 2.29. The molecule has 0 aliphatic rings. The van der Waals surface area contributed by atoms with Crippen LogP contribution in [0.4, 0.5) is 13.2 Å². The van der Waals surface area contributed by atoms with E-state index in [1.807, 2.05) is 0 Å². The van der Waals surface area contributed by atoms with Crippen molar-refractivity contribution in [3.63, 3.8) is 0 Å². The third kappa shape index (κ3) is 4.23. The molecule has 0 bridgehead atoms. The Morgan fingerprint density at radius 3 is 2.11 bits per heavy atom. The SMILES string of the molecule is CN(C)C(C(=O)O)c1ccc(SC(F)(F)F)cc1. The Hall–Kier alpha value is -1.21. The number of likely N-dealkylation sites (N-methyl/N-ethyl adjacent to an activating group) is 1. The van der Waals surface area contributed by atoms with Crippen LogP contribution in [0.1, 0.15) is 11.6 Å². The van der Waals surface area contributed by atoms with Gasteiger partial charge in [0.1, 0.15) is 6.04 Å². The Bertz CT molecular complexity index is 417. The summed E-state index contributed by atoms with van der Waals surface area (Å²) in [6.07, 6.45) is 0. The highest BCUT2D eigenvalue weighted by Crippen LogP contribution is 2.37. The first kappa shape index (κ1) is 14.8. The normalized spacial score (nSPS) is 13.7. The van der Waals surface area contributed by atoms with E-state index in [2.05, 4.69) is 0 Å². The molecular formula is C11H12F3NO2S. The molecule has 1 aromatic carbocycles. The smallest absolute Gasteiger partial charge is 0.446 e. The molecule has 0 aliphatic heterocycles. The van der Waals surface area contributed by atoms with E-state index in [4.69, 9.17) is 5.11 Å². The van der Waals surface area contributed by atoms with E-state index in [9.17, 15) is 18.0 Å². The van der Waals surface area contributed by atoms with Crippen molar-refractivity contribution in [3.8, 4) is 0 Å². The number of carboxylic acid groups (broad SMARTS) is 1. The number of carbonyl (C=O) groups is 1. The molecule has 0 heterocycles. The Labute approximate surface area is 107 Å². The molecule has 100 valence electrons. The molecule has 0 spiro atoms. The summed E-state index contributed by atoms with van der Waals surface area (Å²) >= 11 is -0.223. The molecule has 0 saturated carbocycles. The zero-order valence-corrected chi connectivity index (χ0v) is 10.5. The minimum Gasteiger partial charge on any atom is -0.480 e. The molecule has 3 nitrogen and oxygen atoms in total. The van der Waals surface area contributed by atoms with Crippen LogP contribution in [0.3, 0.4) is 0 Å². The van der Waals surface area contributed by atoms with Crippen LogP contribution >= 0.6 is 11.8 Å². The monoisotopic (exact) mass is 279 g/mol. The Kier molecular flexibility index (Phi) is 4.64. The lowest BCUT2D eigenvalue weighted by molar-refractivity contribution is -0.142. The minimum atomic E-state index is -4.34. The van der Waals surface area contributed by atoms with Crippen LogP contribution in [0.2, 0.25) is 0 Å². The highest BCUT2D eigenvalue weighted by molar-refractivity contribution is 8.00. The third-order valence-electron chi connectivity index (χ3n) is 2.18. The molecule has 7 heteroatoms. The number of halogens is 3. The Morgan fingerprint density at radius 2 is 1.78 bits per heavy atom. The van der Waals surface area contributed by atoms with Crippen LogP contribution in [0.15, 0.2) is 29.2 Å². The van der Waals surface area contributed by atoms with Crippen molar-refractivity contribution in [2.24, 2.45) is 0 Å². The van der Waals surface area contributed by atoms with Crippen LogP contribution < -0.4 is 0 Å². The number of hydrogen-bond donors (Lipinski definition) is 1. The summed E-state index contributed by atoms with van der Waals surface area (Å²) in [7, 11) is 3.19. The first-order chi connectivity index (χ1) is 8.20. The van der Waals surface area contributed by atoms with Crippen molar-refractivity contribution >= 4 is 17.7 Å². The average molecular weight is 279 g/mol. The van der Waals surface area contributed by atoms with Crippen LogP contribution in [0, 0.1) is 0 Å². The van der Waals surface area contributed by atoms with Gasteiger partial charge in [0.15, 0.2) is 0 Å². The fraction of sp³-hybridized carbons (Fsp3) is 0.364. The Balaban J connectivity index is 2.91.